The van der Waals surface area contributed by atoms with Crippen molar-refractivity contribution in [2.45, 2.75) is 26.2 Å². The molecule has 1 aliphatic carbocycles. The molecule has 8 nitrogen and oxygen atoms in total. The second-order valence-corrected chi connectivity index (χ2v) is 8.57. The van der Waals surface area contributed by atoms with Crippen molar-refractivity contribution in [1.29, 1.82) is 5.41 Å². The van der Waals surface area contributed by atoms with Gasteiger partial charge in [0.1, 0.15) is 5.82 Å². The summed E-state index contributed by atoms with van der Waals surface area (Å²) in [6.45, 7) is 5.16. The molecular weight excluding hydrogens is 428 g/mol. The smallest absolute Gasteiger partial charge is 0.276 e. The van der Waals surface area contributed by atoms with Crippen LogP contribution in [0.15, 0.2) is 54.3 Å². The van der Waals surface area contributed by atoms with Crippen LogP contribution in [0.3, 0.4) is 0 Å². The van der Waals surface area contributed by atoms with Gasteiger partial charge >= 0.3 is 0 Å². The number of aromatic amines is 1. The standard InChI is InChI=1S/C26H28N6O2/c1-2-17-3-5-20(27)14-19(13-17)18-4-7-23-22(15-18)25(31-30-23)26(33)29-21-6-8-24(28-16-21)32-9-11-34-12-10-32/h4,6-8,13-16,27H,2-3,5,9-12H2,1H3,(H,29,33)(H,30,31). The van der Waals surface area contributed by atoms with Gasteiger partial charge in [-0.2, -0.15) is 5.10 Å². The monoisotopic (exact) mass is 456 g/mol. The molecule has 8 heteroatoms. The van der Waals surface area contributed by atoms with Gasteiger partial charge in [-0.05, 0) is 60.7 Å². The quantitative estimate of drug-likeness (QED) is 0.521. The van der Waals surface area contributed by atoms with Crippen molar-refractivity contribution in [1.82, 2.24) is 15.2 Å². The van der Waals surface area contributed by atoms with Crippen LogP contribution in [0.25, 0.3) is 16.5 Å². The second-order valence-electron chi connectivity index (χ2n) is 8.57. The van der Waals surface area contributed by atoms with Gasteiger partial charge in [0.25, 0.3) is 5.91 Å². The highest BCUT2D eigenvalue weighted by Gasteiger charge is 2.17. The van der Waals surface area contributed by atoms with E-state index in [9.17, 15) is 4.79 Å². The Kier molecular flexibility index (Phi) is 6.22. The van der Waals surface area contributed by atoms with Crippen molar-refractivity contribution < 1.29 is 9.53 Å². The number of morpholine rings is 1. The molecule has 1 aliphatic heterocycles. The molecule has 1 amide bonds. The number of carbonyl (C=O) groups is 1. The van der Waals surface area contributed by atoms with Crippen LogP contribution in [0.5, 0.6) is 0 Å². The lowest BCUT2D eigenvalue weighted by Crippen LogP contribution is -2.36. The number of nitrogens with one attached hydrogen (secondary N) is 3. The van der Waals surface area contributed by atoms with Crippen LogP contribution in [0, 0.1) is 5.41 Å². The van der Waals surface area contributed by atoms with Crippen molar-refractivity contribution in [3.8, 4) is 0 Å². The summed E-state index contributed by atoms with van der Waals surface area (Å²) in [5, 5.41) is 19.1. The molecule has 174 valence electrons. The van der Waals surface area contributed by atoms with E-state index in [1.165, 1.54) is 5.57 Å². The van der Waals surface area contributed by atoms with E-state index in [0.717, 1.165) is 60.2 Å². The normalized spacial score (nSPS) is 16.7. The van der Waals surface area contributed by atoms with Gasteiger partial charge in [0.05, 0.1) is 30.6 Å². The Morgan fingerprint density at radius 2 is 2.03 bits per heavy atom. The number of hydrogen-bond donors (Lipinski definition) is 3. The third-order valence-corrected chi connectivity index (χ3v) is 6.31. The maximum Gasteiger partial charge on any atom is 0.276 e. The number of rotatable bonds is 5. The topological polar surface area (TPSA) is 107 Å². The molecule has 2 aliphatic rings. The average Bonchev–Trinajstić information content (AvgIpc) is 3.20. The summed E-state index contributed by atoms with van der Waals surface area (Å²) in [5.74, 6) is 0.578. The molecule has 34 heavy (non-hydrogen) atoms. The van der Waals surface area contributed by atoms with Crippen molar-refractivity contribution in [2.75, 3.05) is 36.5 Å². The van der Waals surface area contributed by atoms with Gasteiger partial charge in [-0.3, -0.25) is 9.89 Å². The third kappa shape index (κ3) is 4.63. The first-order chi connectivity index (χ1) is 16.6. The van der Waals surface area contributed by atoms with Crippen LogP contribution in [0.2, 0.25) is 0 Å². The van der Waals surface area contributed by atoms with Gasteiger partial charge in [-0.15, -0.1) is 0 Å². The van der Waals surface area contributed by atoms with E-state index < -0.39 is 0 Å². The SMILES string of the molecule is CCC1=CC(c2ccc3[nH]nc(C(=O)Nc4ccc(N5CCOCC5)nc4)c3c2)=CC(=N)CC1. The highest BCUT2D eigenvalue weighted by Crippen LogP contribution is 2.28. The minimum Gasteiger partial charge on any atom is -0.378 e. The fourth-order valence-electron chi connectivity index (χ4n) is 4.33. The number of fused-ring (bicyclic) bond motifs is 1. The van der Waals surface area contributed by atoms with Gasteiger partial charge in [0, 0.05) is 24.2 Å². The first-order valence-corrected chi connectivity index (χ1v) is 11.7. The van der Waals surface area contributed by atoms with Crippen LogP contribution in [-0.4, -0.2) is 53.1 Å². The first kappa shape index (κ1) is 22.0. The van der Waals surface area contributed by atoms with E-state index in [1.54, 1.807) is 6.20 Å². The van der Waals surface area contributed by atoms with Crippen LogP contribution in [0.4, 0.5) is 11.5 Å². The molecule has 3 heterocycles. The van der Waals surface area contributed by atoms with E-state index >= 15 is 0 Å². The van der Waals surface area contributed by atoms with E-state index in [4.69, 9.17) is 10.1 Å². The molecule has 2 aromatic heterocycles. The minimum atomic E-state index is -0.295. The molecule has 5 rings (SSSR count). The maximum absolute atomic E-state index is 13.1. The Labute approximate surface area is 198 Å². The number of carbonyl (C=O) groups excluding carboxylic acids is 1. The Bertz CT molecular complexity index is 1280. The number of allylic oxidation sites excluding steroid dienone is 4. The summed E-state index contributed by atoms with van der Waals surface area (Å²) < 4.78 is 5.39. The van der Waals surface area contributed by atoms with Crippen LogP contribution >= 0.6 is 0 Å². The van der Waals surface area contributed by atoms with Gasteiger partial charge in [-0.1, -0.05) is 24.6 Å². The van der Waals surface area contributed by atoms with Crippen LogP contribution < -0.4 is 10.2 Å². The van der Waals surface area contributed by atoms with E-state index in [1.807, 2.05) is 36.4 Å². The summed E-state index contributed by atoms with van der Waals surface area (Å²) in [6, 6.07) is 9.68. The molecule has 0 unspecified atom stereocenters. The number of nitrogens with zero attached hydrogens (tertiary/aromatic N) is 3. The van der Waals surface area contributed by atoms with Crippen molar-refractivity contribution in [3.63, 3.8) is 0 Å². The molecule has 0 radical (unpaired) electrons. The molecule has 1 aromatic carbocycles. The third-order valence-electron chi connectivity index (χ3n) is 6.31. The predicted octanol–water partition coefficient (Wildman–Crippen LogP) is 4.58. The summed E-state index contributed by atoms with van der Waals surface area (Å²) in [6.07, 6.45) is 8.39. The Morgan fingerprint density at radius 1 is 1.18 bits per heavy atom. The Hall–Kier alpha value is -3.78. The number of pyridine rings is 1. The minimum absolute atomic E-state index is 0.295. The molecule has 1 saturated heterocycles. The summed E-state index contributed by atoms with van der Waals surface area (Å²) in [5.41, 5.74) is 5.65. The fraction of sp³-hybridized carbons (Fsp3) is 0.308. The molecular formula is C26H28N6O2. The number of aromatic nitrogens is 3. The van der Waals surface area contributed by atoms with Gasteiger partial charge in [0.15, 0.2) is 5.69 Å². The number of benzene rings is 1. The highest BCUT2D eigenvalue weighted by molar-refractivity contribution is 6.12. The average molecular weight is 457 g/mol. The lowest BCUT2D eigenvalue weighted by Gasteiger charge is -2.27. The summed E-state index contributed by atoms with van der Waals surface area (Å²) in [7, 11) is 0. The van der Waals surface area contributed by atoms with Crippen LogP contribution in [0.1, 0.15) is 42.2 Å². The molecule has 0 bridgehead atoms. The zero-order chi connectivity index (χ0) is 23.5. The number of ether oxygens (including phenoxy) is 1. The number of hydrogen-bond acceptors (Lipinski definition) is 6. The fourth-order valence-corrected chi connectivity index (χ4v) is 4.33. The molecule has 3 N–H and O–H groups in total. The Morgan fingerprint density at radius 3 is 2.79 bits per heavy atom. The van der Waals surface area contributed by atoms with Crippen molar-refractivity contribution in [3.05, 3.63) is 65.5 Å². The number of anilines is 2. The van der Waals surface area contributed by atoms with Crippen molar-refractivity contribution in [2.24, 2.45) is 0 Å². The first-order valence-electron chi connectivity index (χ1n) is 11.7. The zero-order valence-corrected chi connectivity index (χ0v) is 19.2. The van der Waals surface area contributed by atoms with Gasteiger partial charge in [0.2, 0.25) is 0 Å². The van der Waals surface area contributed by atoms with Gasteiger partial charge < -0.3 is 20.4 Å². The molecule has 1 fully saturated rings. The molecule has 0 atom stereocenters. The van der Waals surface area contributed by atoms with E-state index in [0.29, 0.717) is 30.3 Å². The predicted molar refractivity (Wildman–Crippen MR) is 135 cm³/mol. The maximum atomic E-state index is 13.1. The summed E-state index contributed by atoms with van der Waals surface area (Å²) in [4.78, 5) is 19.7. The van der Waals surface area contributed by atoms with E-state index in [-0.39, 0.29) is 5.91 Å². The lowest BCUT2D eigenvalue weighted by molar-refractivity contribution is 0.102. The molecule has 0 spiro atoms. The molecule has 3 aromatic rings. The molecule has 0 saturated carbocycles. The van der Waals surface area contributed by atoms with Gasteiger partial charge in [-0.25, -0.2) is 4.98 Å². The number of H-pyrrole nitrogens is 1. The number of amides is 1. The lowest BCUT2D eigenvalue weighted by atomic mass is 10.00. The Balaban J connectivity index is 1.38. The largest absolute Gasteiger partial charge is 0.378 e. The van der Waals surface area contributed by atoms with E-state index in [2.05, 4.69) is 38.4 Å². The van der Waals surface area contributed by atoms with Crippen LogP contribution in [-0.2, 0) is 4.74 Å². The van der Waals surface area contributed by atoms with Crippen molar-refractivity contribution >= 4 is 39.6 Å². The second kappa shape index (κ2) is 9.61. The summed E-state index contributed by atoms with van der Waals surface area (Å²) >= 11 is 0. The highest BCUT2D eigenvalue weighted by atomic mass is 16.5. The zero-order valence-electron chi connectivity index (χ0n) is 19.2.